The van der Waals surface area contributed by atoms with Gasteiger partial charge in [0, 0.05) is 26.4 Å². The van der Waals surface area contributed by atoms with Crippen LogP contribution < -0.4 is 16.6 Å². The van der Waals surface area contributed by atoms with Gasteiger partial charge >= 0.3 is 11.9 Å². The molecular formula is C14H13F3N4O3. The van der Waals surface area contributed by atoms with Crippen LogP contribution in [0, 0.1) is 0 Å². The Morgan fingerprint density at radius 1 is 1.21 bits per heavy atom. The second-order valence-electron chi connectivity index (χ2n) is 4.97. The molecule has 1 amide bonds. The largest absolute Gasteiger partial charge is 0.414 e. The van der Waals surface area contributed by atoms with E-state index in [9.17, 15) is 27.6 Å². The maximum Gasteiger partial charge on any atom is 0.414 e. The number of amides is 1. The summed E-state index contributed by atoms with van der Waals surface area (Å²) in [4.78, 5) is 39.1. The van der Waals surface area contributed by atoms with E-state index in [1.165, 1.54) is 26.2 Å². The number of nitrogens with one attached hydrogen (secondary N) is 1. The van der Waals surface area contributed by atoms with Gasteiger partial charge in [0.15, 0.2) is 6.04 Å². The lowest BCUT2D eigenvalue weighted by Crippen LogP contribution is -2.44. The topological polar surface area (TPSA) is 86.0 Å². The molecule has 0 bridgehead atoms. The van der Waals surface area contributed by atoms with Gasteiger partial charge in [-0.25, -0.2) is 4.79 Å². The van der Waals surface area contributed by atoms with Gasteiger partial charge in [-0.2, -0.15) is 13.2 Å². The van der Waals surface area contributed by atoms with Crippen molar-refractivity contribution in [3.05, 3.63) is 62.7 Å². The first-order valence-corrected chi connectivity index (χ1v) is 6.68. The Balaban J connectivity index is 2.43. The lowest BCUT2D eigenvalue weighted by Gasteiger charge is -2.21. The summed E-state index contributed by atoms with van der Waals surface area (Å²) >= 11 is 0. The van der Waals surface area contributed by atoms with E-state index in [-0.39, 0.29) is 0 Å². The van der Waals surface area contributed by atoms with Crippen molar-refractivity contribution >= 4 is 5.91 Å². The predicted molar refractivity (Wildman–Crippen MR) is 77.4 cm³/mol. The molecule has 10 heteroatoms. The minimum atomic E-state index is -4.80. The van der Waals surface area contributed by atoms with Crippen LogP contribution in [0.25, 0.3) is 0 Å². The summed E-state index contributed by atoms with van der Waals surface area (Å²) in [6.45, 7) is 0. The van der Waals surface area contributed by atoms with Crippen molar-refractivity contribution in [2.75, 3.05) is 0 Å². The molecule has 0 aliphatic rings. The van der Waals surface area contributed by atoms with E-state index in [1.807, 2.05) is 0 Å². The van der Waals surface area contributed by atoms with Crippen LogP contribution in [0.3, 0.4) is 0 Å². The maximum atomic E-state index is 13.2. The molecule has 1 unspecified atom stereocenters. The van der Waals surface area contributed by atoms with Crippen molar-refractivity contribution < 1.29 is 18.0 Å². The van der Waals surface area contributed by atoms with Crippen LogP contribution in [0.15, 0.2) is 40.1 Å². The molecule has 2 heterocycles. The zero-order chi connectivity index (χ0) is 18.1. The fraction of sp³-hybridized carbons (Fsp3) is 0.286. The quantitative estimate of drug-likeness (QED) is 0.881. The summed E-state index contributed by atoms with van der Waals surface area (Å²) < 4.78 is 41.2. The molecule has 24 heavy (non-hydrogen) atoms. The number of carbonyl (C=O) groups is 1. The molecular weight excluding hydrogens is 329 g/mol. The van der Waals surface area contributed by atoms with E-state index in [4.69, 9.17) is 0 Å². The van der Waals surface area contributed by atoms with Crippen molar-refractivity contribution in [3.8, 4) is 0 Å². The third-order valence-electron chi connectivity index (χ3n) is 3.34. The smallest absolute Gasteiger partial charge is 0.334 e. The molecule has 0 radical (unpaired) electrons. The SMILES string of the molecule is Cn1c(C(=O)NC(c2ccccn2)C(F)(F)F)cc(=O)n(C)c1=O. The number of rotatable bonds is 3. The Morgan fingerprint density at radius 2 is 1.88 bits per heavy atom. The van der Waals surface area contributed by atoms with Crippen molar-refractivity contribution in [2.24, 2.45) is 14.1 Å². The fourth-order valence-electron chi connectivity index (χ4n) is 2.03. The lowest BCUT2D eigenvalue weighted by atomic mass is 10.1. The molecule has 0 aliphatic carbocycles. The third kappa shape index (κ3) is 3.36. The van der Waals surface area contributed by atoms with Gasteiger partial charge < -0.3 is 5.32 Å². The molecule has 0 aliphatic heterocycles. The van der Waals surface area contributed by atoms with Gasteiger partial charge in [0.05, 0.1) is 5.69 Å². The average molecular weight is 342 g/mol. The summed E-state index contributed by atoms with van der Waals surface area (Å²) in [6.07, 6.45) is -3.64. The summed E-state index contributed by atoms with van der Waals surface area (Å²) in [5.74, 6) is -1.21. The van der Waals surface area contributed by atoms with Crippen molar-refractivity contribution in [3.63, 3.8) is 0 Å². The molecule has 7 nitrogen and oxygen atoms in total. The molecule has 0 spiro atoms. The van der Waals surface area contributed by atoms with Crippen LogP contribution in [-0.2, 0) is 14.1 Å². The number of hydrogen-bond donors (Lipinski definition) is 1. The average Bonchev–Trinajstić information content (AvgIpc) is 2.53. The normalized spacial score (nSPS) is 12.7. The zero-order valence-corrected chi connectivity index (χ0v) is 12.7. The number of aromatic nitrogens is 3. The van der Waals surface area contributed by atoms with Crippen molar-refractivity contribution in [2.45, 2.75) is 12.2 Å². The number of alkyl halides is 3. The first kappa shape index (κ1) is 17.4. The Labute approximate surface area is 133 Å². The molecule has 1 atom stereocenters. The van der Waals surface area contributed by atoms with Crippen LogP contribution in [0.2, 0.25) is 0 Å². The van der Waals surface area contributed by atoms with Gasteiger partial charge in [-0.1, -0.05) is 6.07 Å². The number of carbonyl (C=O) groups excluding carboxylic acids is 1. The Morgan fingerprint density at radius 3 is 2.42 bits per heavy atom. The molecule has 0 aromatic carbocycles. The van der Waals surface area contributed by atoms with Gasteiger partial charge in [0.25, 0.3) is 11.5 Å². The Kier molecular flexibility index (Phi) is 4.58. The van der Waals surface area contributed by atoms with Gasteiger partial charge in [0.1, 0.15) is 5.69 Å². The molecule has 128 valence electrons. The monoisotopic (exact) mass is 342 g/mol. The number of halogens is 3. The second-order valence-corrected chi connectivity index (χ2v) is 4.97. The molecule has 2 aromatic rings. The first-order valence-electron chi connectivity index (χ1n) is 6.68. The lowest BCUT2D eigenvalue weighted by molar-refractivity contribution is -0.156. The highest BCUT2D eigenvalue weighted by Crippen LogP contribution is 2.31. The van der Waals surface area contributed by atoms with Gasteiger partial charge in [-0.15, -0.1) is 0 Å². The predicted octanol–water partition coefficient (Wildman–Crippen LogP) is 0.512. The van der Waals surface area contributed by atoms with Gasteiger partial charge in [-0.3, -0.25) is 23.7 Å². The summed E-state index contributed by atoms with van der Waals surface area (Å²) in [6, 6.07) is 2.32. The van der Waals surface area contributed by atoms with E-state index in [0.29, 0.717) is 0 Å². The van der Waals surface area contributed by atoms with E-state index >= 15 is 0 Å². The standard InChI is InChI=1S/C14H13F3N4O3/c1-20-9(7-10(22)21(2)13(20)24)12(23)19-11(14(15,16)17)8-5-3-4-6-18-8/h3-7,11H,1-2H3,(H,19,23). The van der Waals surface area contributed by atoms with Crippen LogP contribution in [0.1, 0.15) is 22.2 Å². The van der Waals surface area contributed by atoms with Crippen LogP contribution in [-0.4, -0.2) is 26.2 Å². The fourth-order valence-corrected chi connectivity index (χ4v) is 2.03. The van der Waals surface area contributed by atoms with Crippen molar-refractivity contribution in [1.82, 2.24) is 19.4 Å². The number of hydrogen-bond acceptors (Lipinski definition) is 4. The summed E-state index contributed by atoms with van der Waals surface area (Å²) in [7, 11) is 2.37. The summed E-state index contributed by atoms with van der Waals surface area (Å²) in [5.41, 5.74) is -2.51. The molecule has 2 rings (SSSR count). The third-order valence-corrected chi connectivity index (χ3v) is 3.34. The molecule has 2 aromatic heterocycles. The molecule has 0 fully saturated rings. The number of nitrogens with zero attached hydrogens (tertiary/aromatic N) is 3. The van der Waals surface area contributed by atoms with Gasteiger partial charge in [-0.05, 0) is 12.1 Å². The Hall–Kier alpha value is -2.91. The minimum absolute atomic E-state index is 0.410. The van der Waals surface area contributed by atoms with E-state index in [0.717, 1.165) is 27.5 Å². The van der Waals surface area contributed by atoms with Gasteiger partial charge in [0.2, 0.25) is 0 Å². The molecule has 0 saturated heterocycles. The maximum absolute atomic E-state index is 13.2. The van der Waals surface area contributed by atoms with Crippen LogP contribution in [0.4, 0.5) is 13.2 Å². The Bertz CT molecular complexity index is 872. The first-order chi connectivity index (χ1) is 11.1. The number of pyridine rings is 1. The highest BCUT2D eigenvalue weighted by atomic mass is 19.4. The van der Waals surface area contributed by atoms with E-state index in [2.05, 4.69) is 4.98 Å². The van der Waals surface area contributed by atoms with E-state index < -0.39 is 40.8 Å². The highest BCUT2D eigenvalue weighted by Gasteiger charge is 2.43. The van der Waals surface area contributed by atoms with Crippen LogP contribution in [0.5, 0.6) is 0 Å². The van der Waals surface area contributed by atoms with E-state index in [1.54, 1.807) is 5.32 Å². The highest BCUT2D eigenvalue weighted by molar-refractivity contribution is 5.92. The minimum Gasteiger partial charge on any atom is -0.334 e. The summed E-state index contributed by atoms with van der Waals surface area (Å²) in [5, 5.41) is 1.77. The molecule has 1 N–H and O–H groups in total. The van der Waals surface area contributed by atoms with Crippen molar-refractivity contribution in [1.29, 1.82) is 0 Å². The zero-order valence-electron chi connectivity index (χ0n) is 12.7. The second kappa shape index (κ2) is 6.30. The molecule has 0 saturated carbocycles. The van der Waals surface area contributed by atoms with Crippen LogP contribution >= 0.6 is 0 Å².